The Kier molecular flexibility index (Phi) is 5.12. The van der Waals surface area contributed by atoms with Gasteiger partial charge in [-0.15, -0.1) is 0 Å². The fraction of sp³-hybridized carbons (Fsp3) is 0.238. The summed E-state index contributed by atoms with van der Waals surface area (Å²) in [5.41, 5.74) is 3.49. The molecule has 0 aliphatic carbocycles. The molecule has 1 N–H and O–H groups in total. The first-order valence-corrected chi connectivity index (χ1v) is 9.47. The zero-order valence-electron chi connectivity index (χ0n) is 15.3. The second kappa shape index (κ2) is 7.84. The second-order valence-corrected chi connectivity index (χ2v) is 7.13. The summed E-state index contributed by atoms with van der Waals surface area (Å²) in [7, 11) is 0. The van der Waals surface area contributed by atoms with E-state index in [1.165, 1.54) is 11.3 Å². The average Bonchev–Trinajstić information content (AvgIpc) is 2.68. The molecule has 5 nitrogen and oxygen atoms in total. The molecule has 1 fully saturated rings. The molecular weight excluding hydrogens is 358 g/mol. The van der Waals surface area contributed by atoms with E-state index < -0.39 is 0 Å². The van der Waals surface area contributed by atoms with Crippen LogP contribution in [0.4, 0.5) is 23.1 Å². The normalized spacial score (nSPS) is 14.3. The zero-order chi connectivity index (χ0) is 18.6. The van der Waals surface area contributed by atoms with Crippen molar-refractivity contribution in [2.24, 2.45) is 0 Å². The van der Waals surface area contributed by atoms with Gasteiger partial charge in [0.15, 0.2) is 0 Å². The SMILES string of the molecule is Cc1cccc(N2CCN(c3nccc(Nc4cccc(Cl)c4)n3)CC2)c1. The first-order valence-electron chi connectivity index (χ1n) is 9.09. The Morgan fingerprint density at radius 3 is 2.48 bits per heavy atom. The van der Waals surface area contributed by atoms with Crippen LogP contribution in [-0.4, -0.2) is 36.1 Å². The number of anilines is 4. The molecule has 0 saturated carbocycles. The zero-order valence-corrected chi connectivity index (χ0v) is 16.0. The van der Waals surface area contributed by atoms with Crippen molar-refractivity contribution < 1.29 is 0 Å². The molecule has 3 aromatic rings. The predicted octanol–water partition coefficient (Wildman–Crippen LogP) is 4.51. The van der Waals surface area contributed by atoms with Crippen molar-refractivity contribution in [1.82, 2.24) is 9.97 Å². The molecule has 1 aliphatic rings. The van der Waals surface area contributed by atoms with E-state index in [0.29, 0.717) is 5.02 Å². The average molecular weight is 380 g/mol. The minimum absolute atomic E-state index is 0.696. The molecule has 0 amide bonds. The van der Waals surface area contributed by atoms with Crippen molar-refractivity contribution in [3.8, 4) is 0 Å². The summed E-state index contributed by atoms with van der Waals surface area (Å²) in [5, 5.41) is 3.99. The van der Waals surface area contributed by atoms with Crippen molar-refractivity contribution >= 4 is 34.7 Å². The third-order valence-corrected chi connectivity index (χ3v) is 4.90. The number of rotatable bonds is 4. The van der Waals surface area contributed by atoms with Crippen molar-refractivity contribution in [3.63, 3.8) is 0 Å². The molecule has 0 spiro atoms. The molecule has 6 heteroatoms. The van der Waals surface area contributed by atoms with Gasteiger partial charge in [0, 0.05) is 48.8 Å². The van der Waals surface area contributed by atoms with Crippen LogP contribution in [-0.2, 0) is 0 Å². The lowest BCUT2D eigenvalue weighted by Gasteiger charge is -2.36. The monoisotopic (exact) mass is 379 g/mol. The summed E-state index contributed by atoms with van der Waals surface area (Å²) in [6.07, 6.45) is 1.79. The maximum Gasteiger partial charge on any atom is 0.227 e. The van der Waals surface area contributed by atoms with Crippen LogP contribution in [0.1, 0.15) is 5.56 Å². The molecular formula is C21H22ClN5. The number of halogens is 1. The summed E-state index contributed by atoms with van der Waals surface area (Å²) in [4.78, 5) is 13.8. The first kappa shape index (κ1) is 17.6. The van der Waals surface area contributed by atoms with Gasteiger partial charge in [-0.2, -0.15) is 4.98 Å². The summed E-state index contributed by atoms with van der Waals surface area (Å²) >= 11 is 6.05. The molecule has 0 radical (unpaired) electrons. The summed E-state index contributed by atoms with van der Waals surface area (Å²) in [6, 6.07) is 18.1. The summed E-state index contributed by atoms with van der Waals surface area (Å²) < 4.78 is 0. The molecule has 1 saturated heterocycles. The van der Waals surface area contributed by atoms with Crippen molar-refractivity contribution in [3.05, 3.63) is 71.4 Å². The lowest BCUT2D eigenvalue weighted by atomic mass is 10.2. The fourth-order valence-corrected chi connectivity index (χ4v) is 3.46. The van der Waals surface area contributed by atoms with Gasteiger partial charge in [-0.25, -0.2) is 4.98 Å². The Morgan fingerprint density at radius 1 is 0.926 bits per heavy atom. The predicted molar refractivity (Wildman–Crippen MR) is 112 cm³/mol. The lowest BCUT2D eigenvalue weighted by molar-refractivity contribution is 0.640. The first-order chi connectivity index (χ1) is 13.2. The van der Waals surface area contributed by atoms with Gasteiger partial charge in [-0.3, -0.25) is 0 Å². The van der Waals surface area contributed by atoms with E-state index in [0.717, 1.165) is 43.6 Å². The number of aryl methyl sites for hydroxylation is 1. The van der Waals surface area contributed by atoms with Crippen LogP contribution < -0.4 is 15.1 Å². The number of benzene rings is 2. The molecule has 2 heterocycles. The van der Waals surface area contributed by atoms with Crippen LogP contribution in [0.3, 0.4) is 0 Å². The molecule has 1 aliphatic heterocycles. The van der Waals surface area contributed by atoms with E-state index in [2.05, 4.69) is 56.3 Å². The van der Waals surface area contributed by atoms with E-state index in [9.17, 15) is 0 Å². The molecule has 2 aromatic carbocycles. The van der Waals surface area contributed by atoms with Gasteiger partial charge < -0.3 is 15.1 Å². The number of aromatic nitrogens is 2. The van der Waals surface area contributed by atoms with Gasteiger partial charge in [0.2, 0.25) is 5.95 Å². The standard InChI is InChI=1S/C21H22ClN5/c1-16-4-2-7-19(14-16)26-10-12-27(13-11-26)21-23-9-8-20(25-21)24-18-6-3-5-17(22)15-18/h2-9,14-15H,10-13H2,1H3,(H,23,24,25). The smallest absolute Gasteiger partial charge is 0.227 e. The third-order valence-electron chi connectivity index (χ3n) is 4.67. The highest BCUT2D eigenvalue weighted by molar-refractivity contribution is 6.30. The summed E-state index contributed by atoms with van der Waals surface area (Å²) in [5.74, 6) is 1.52. The van der Waals surface area contributed by atoms with Crippen LogP contribution in [0.5, 0.6) is 0 Å². The van der Waals surface area contributed by atoms with Crippen LogP contribution in [0.25, 0.3) is 0 Å². The Morgan fingerprint density at radius 2 is 1.70 bits per heavy atom. The highest BCUT2D eigenvalue weighted by atomic mass is 35.5. The van der Waals surface area contributed by atoms with E-state index in [1.54, 1.807) is 6.20 Å². The van der Waals surface area contributed by atoms with Crippen LogP contribution >= 0.6 is 11.6 Å². The number of nitrogens with zero attached hydrogens (tertiary/aromatic N) is 4. The van der Waals surface area contributed by atoms with Gasteiger partial charge >= 0.3 is 0 Å². The van der Waals surface area contributed by atoms with Crippen LogP contribution in [0.15, 0.2) is 60.8 Å². The van der Waals surface area contributed by atoms with Crippen LogP contribution in [0, 0.1) is 6.92 Å². The lowest BCUT2D eigenvalue weighted by Crippen LogP contribution is -2.47. The molecule has 27 heavy (non-hydrogen) atoms. The van der Waals surface area contributed by atoms with Crippen LogP contribution in [0.2, 0.25) is 5.02 Å². The van der Waals surface area contributed by atoms with Gasteiger partial charge in [0.05, 0.1) is 0 Å². The maximum atomic E-state index is 6.05. The van der Waals surface area contributed by atoms with Crippen molar-refractivity contribution in [1.29, 1.82) is 0 Å². The Hall–Kier alpha value is -2.79. The molecule has 0 atom stereocenters. The third kappa shape index (κ3) is 4.31. The Labute approximate surface area is 164 Å². The van der Waals surface area contributed by atoms with Gasteiger partial charge in [-0.1, -0.05) is 29.8 Å². The highest BCUT2D eigenvalue weighted by Crippen LogP contribution is 2.22. The topological polar surface area (TPSA) is 44.3 Å². The highest BCUT2D eigenvalue weighted by Gasteiger charge is 2.19. The molecule has 138 valence electrons. The van der Waals surface area contributed by atoms with Gasteiger partial charge in [0.25, 0.3) is 0 Å². The second-order valence-electron chi connectivity index (χ2n) is 6.69. The molecule has 0 unspecified atom stereocenters. The molecule has 0 bridgehead atoms. The fourth-order valence-electron chi connectivity index (χ4n) is 3.27. The molecule has 4 rings (SSSR count). The number of hydrogen-bond acceptors (Lipinski definition) is 5. The minimum atomic E-state index is 0.696. The number of piperazine rings is 1. The number of nitrogens with one attached hydrogen (secondary N) is 1. The van der Waals surface area contributed by atoms with E-state index in [1.807, 2.05) is 30.3 Å². The Bertz CT molecular complexity index is 922. The van der Waals surface area contributed by atoms with Crippen molar-refractivity contribution in [2.75, 3.05) is 41.3 Å². The van der Waals surface area contributed by atoms with Gasteiger partial charge in [0.1, 0.15) is 5.82 Å². The van der Waals surface area contributed by atoms with E-state index in [4.69, 9.17) is 11.6 Å². The maximum absolute atomic E-state index is 6.05. The minimum Gasteiger partial charge on any atom is -0.368 e. The largest absolute Gasteiger partial charge is 0.368 e. The molecule has 1 aromatic heterocycles. The van der Waals surface area contributed by atoms with E-state index >= 15 is 0 Å². The van der Waals surface area contributed by atoms with Gasteiger partial charge in [-0.05, 0) is 48.9 Å². The number of hydrogen-bond donors (Lipinski definition) is 1. The summed E-state index contributed by atoms with van der Waals surface area (Å²) in [6.45, 7) is 5.84. The van der Waals surface area contributed by atoms with Crippen molar-refractivity contribution in [2.45, 2.75) is 6.92 Å². The Balaban J connectivity index is 1.42. The quantitative estimate of drug-likeness (QED) is 0.722. The van der Waals surface area contributed by atoms with E-state index in [-0.39, 0.29) is 0 Å².